The summed E-state index contributed by atoms with van der Waals surface area (Å²) in [5.41, 5.74) is 1.16. The van der Waals surface area contributed by atoms with Gasteiger partial charge >= 0.3 is 0 Å². The van der Waals surface area contributed by atoms with Gasteiger partial charge in [0, 0.05) is 18.2 Å². The second-order valence-corrected chi connectivity index (χ2v) is 5.97. The number of hydrogen-bond donors (Lipinski definition) is 2. The zero-order valence-corrected chi connectivity index (χ0v) is 13.0. The summed E-state index contributed by atoms with van der Waals surface area (Å²) >= 11 is 0. The lowest BCUT2D eigenvalue weighted by molar-refractivity contribution is -0.105. The number of aliphatic imine (C=N–C) groups is 2. The molecule has 0 spiro atoms. The highest BCUT2D eigenvalue weighted by molar-refractivity contribution is 6.10. The van der Waals surface area contributed by atoms with E-state index in [0.717, 1.165) is 6.29 Å². The molecule has 24 heavy (non-hydrogen) atoms. The third-order valence-corrected chi connectivity index (χ3v) is 4.59. The quantitative estimate of drug-likeness (QED) is 0.737. The van der Waals surface area contributed by atoms with Gasteiger partial charge in [-0.1, -0.05) is 0 Å². The topological polar surface area (TPSA) is 113 Å². The van der Waals surface area contributed by atoms with Crippen LogP contribution in [0.25, 0.3) is 0 Å². The van der Waals surface area contributed by atoms with Gasteiger partial charge in [-0.2, -0.15) is 0 Å². The number of imidazole rings is 1. The first-order valence-corrected chi connectivity index (χ1v) is 7.71. The fourth-order valence-electron chi connectivity index (χ4n) is 3.14. The second kappa shape index (κ2) is 5.62. The minimum absolute atomic E-state index is 0.166. The number of nitrogens with zero attached hydrogens (tertiary/aromatic N) is 5. The van der Waals surface area contributed by atoms with Gasteiger partial charge in [0.2, 0.25) is 0 Å². The molecule has 0 aromatic carbocycles. The van der Waals surface area contributed by atoms with Crippen LogP contribution in [0.5, 0.6) is 0 Å². The molecular weight excluding hydrogens is 314 g/mol. The molecule has 4 rings (SSSR count). The number of ether oxygens (including phenoxy) is 1. The molecular formula is C15H17N5O4. The van der Waals surface area contributed by atoms with Crippen molar-refractivity contribution in [2.45, 2.75) is 37.8 Å². The van der Waals surface area contributed by atoms with Crippen LogP contribution in [0.3, 0.4) is 0 Å². The Morgan fingerprint density at radius 3 is 3.04 bits per heavy atom. The number of hydrogen-bond acceptors (Lipinski definition) is 8. The molecule has 1 aromatic rings. The van der Waals surface area contributed by atoms with Crippen molar-refractivity contribution in [1.82, 2.24) is 14.5 Å². The molecule has 9 nitrogen and oxygen atoms in total. The molecule has 3 aliphatic rings. The first kappa shape index (κ1) is 15.2. The average molecular weight is 331 g/mol. The maximum Gasteiger partial charge on any atom is 0.167 e. The Hall–Kier alpha value is -2.36. The zero-order valence-electron chi connectivity index (χ0n) is 13.0. The lowest BCUT2D eigenvalue weighted by Gasteiger charge is -2.32. The van der Waals surface area contributed by atoms with Crippen LogP contribution in [-0.2, 0) is 9.53 Å². The Kier molecular flexibility index (Phi) is 3.56. The van der Waals surface area contributed by atoms with Crippen molar-refractivity contribution in [2.75, 3.05) is 6.61 Å². The number of carbonyl (C=O) groups is 1. The molecule has 3 aliphatic heterocycles. The first-order chi connectivity index (χ1) is 11.6. The van der Waals surface area contributed by atoms with Crippen LogP contribution in [0, 0.1) is 0 Å². The predicted molar refractivity (Wildman–Crippen MR) is 84.0 cm³/mol. The second-order valence-electron chi connectivity index (χ2n) is 5.97. The van der Waals surface area contributed by atoms with E-state index in [-0.39, 0.29) is 12.6 Å². The molecule has 4 heterocycles. The van der Waals surface area contributed by atoms with Crippen LogP contribution in [0.4, 0.5) is 5.82 Å². The van der Waals surface area contributed by atoms with Gasteiger partial charge in [0.05, 0.1) is 31.4 Å². The number of aromatic nitrogens is 2. The Balaban J connectivity index is 1.70. The summed E-state index contributed by atoms with van der Waals surface area (Å²) in [6.07, 6.45) is 4.11. The Morgan fingerprint density at radius 1 is 1.50 bits per heavy atom. The number of aliphatic hydroxyl groups is 2. The molecule has 4 atom stereocenters. The summed E-state index contributed by atoms with van der Waals surface area (Å²) < 4.78 is 7.39. The molecule has 0 saturated carbocycles. The van der Waals surface area contributed by atoms with Crippen molar-refractivity contribution >= 4 is 24.3 Å². The lowest BCUT2D eigenvalue weighted by atomic mass is 10.1. The van der Waals surface area contributed by atoms with Gasteiger partial charge in [-0.15, -0.1) is 0 Å². The Morgan fingerprint density at radius 2 is 2.33 bits per heavy atom. The van der Waals surface area contributed by atoms with Gasteiger partial charge < -0.3 is 19.8 Å². The minimum atomic E-state index is -0.729. The van der Waals surface area contributed by atoms with E-state index in [1.54, 1.807) is 28.3 Å². The van der Waals surface area contributed by atoms with Gasteiger partial charge in [-0.3, -0.25) is 9.36 Å². The van der Waals surface area contributed by atoms with Crippen molar-refractivity contribution in [3.05, 3.63) is 23.8 Å². The van der Waals surface area contributed by atoms with Crippen LogP contribution >= 0.6 is 0 Å². The summed E-state index contributed by atoms with van der Waals surface area (Å²) in [6.45, 7) is 1.65. The third kappa shape index (κ3) is 2.13. The molecule has 1 aromatic heterocycles. The van der Waals surface area contributed by atoms with Gasteiger partial charge in [0.1, 0.15) is 18.6 Å². The minimum Gasteiger partial charge on any atom is -0.394 e. The van der Waals surface area contributed by atoms with E-state index in [2.05, 4.69) is 15.0 Å². The smallest absolute Gasteiger partial charge is 0.167 e. The molecule has 0 aliphatic carbocycles. The van der Waals surface area contributed by atoms with E-state index >= 15 is 0 Å². The maximum atomic E-state index is 11.1. The van der Waals surface area contributed by atoms with Gasteiger partial charge in [-0.25, -0.2) is 15.0 Å². The van der Waals surface area contributed by atoms with Crippen molar-refractivity contribution < 1.29 is 19.7 Å². The maximum absolute atomic E-state index is 11.1. The molecule has 0 amide bonds. The predicted octanol–water partition coefficient (Wildman–Crippen LogP) is -0.269. The van der Waals surface area contributed by atoms with Crippen LogP contribution in [-0.4, -0.2) is 68.0 Å². The molecule has 9 heteroatoms. The molecule has 1 saturated heterocycles. The number of fused-ring (bicyclic) bond motifs is 3. The third-order valence-electron chi connectivity index (χ3n) is 4.59. The Bertz CT molecular complexity index is 768. The van der Waals surface area contributed by atoms with E-state index in [0.29, 0.717) is 29.3 Å². The van der Waals surface area contributed by atoms with Crippen molar-refractivity contribution in [3.63, 3.8) is 0 Å². The molecule has 126 valence electrons. The normalized spacial score (nSPS) is 31.4. The zero-order chi connectivity index (χ0) is 16.8. The highest BCUT2D eigenvalue weighted by atomic mass is 16.5. The fraction of sp³-hybridized carbons (Fsp3) is 0.467. The number of carbonyl (C=O) groups excluding carboxylic acids is 1. The monoisotopic (exact) mass is 331 g/mol. The number of amidine groups is 1. The molecule has 2 N–H and O–H groups in total. The lowest BCUT2D eigenvalue weighted by Crippen LogP contribution is -2.43. The summed E-state index contributed by atoms with van der Waals surface area (Å²) in [6, 6.07) is -0.166. The first-order valence-electron chi connectivity index (χ1n) is 7.71. The Labute approximate surface area is 137 Å². The molecule has 0 bridgehead atoms. The SMILES string of the molecule is CC1C(C=O)=CN=C2c3ncn([C@H]4C[C@H](O)[C@@H](CO)O4)c3N=CN21. The number of aldehydes is 1. The fourth-order valence-corrected chi connectivity index (χ4v) is 3.14. The standard InChI is InChI=1S/C15H17N5O4/c1-8-9(4-21)3-16-14-13-15(18-7-19(8)14)20(6-17-13)12-2-10(23)11(5-22)24-12/h3-4,6-8,10-12,22-23H,2,5H2,1H3/t8?,10-,11+,12+/m0/s1. The molecule has 0 radical (unpaired) electrons. The van der Waals surface area contributed by atoms with E-state index in [1.807, 2.05) is 6.92 Å². The van der Waals surface area contributed by atoms with Crippen molar-refractivity contribution in [1.29, 1.82) is 0 Å². The molecule has 1 unspecified atom stereocenters. The number of aliphatic hydroxyl groups excluding tert-OH is 2. The highest BCUT2D eigenvalue weighted by Gasteiger charge is 2.38. The van der Waals surface area contributed by atoms with E-state index in [4.69, 9.17) is 4.74 Å². The summed E-state index contributed by atoms with van der Waals surface area (Å²) in [5.74, 6) is 1.20. The van der Waals surface area contributed by atoms with Crippen LogP contribution in [0.15, 0.2) is 28.1 Å². The van der Waals surface area contributed by atoms with Crippen LogP contribution in [0.1, 0.15) is 25.3 Å². The average Bonchev–Trinajstić information content (AvgIpc) is 3.18. The summed E-state index contributed by atoms with van der Waals surface area (Å²) in [7, 11) is 0. The van der Waals surface area contributed by atoms with Crippen molar-refractivity contribution in [3.8, 4) is 0 Å². The number of rotatable bonds is 3. The largest absolute Gasteiger partial charge is 0.394 e. The van der Waals surface area contributed by atoms with Gasteiger partial charge in [0.15, 0.2) is 17.3 Å². The van der Waals surface area contributed by atoms with E-state index in [1.165, 1.54) is 0 Å². The van der Waals surface area contributed by atoms with Gasteiger partial charge in [-0.05, 0) is 6.92 Å². The van der Waals surface area contributed by atoms with Crippen LogP contribution < -0.4 is 0 Å². The highest BCUT2D eigenvalue weighted by Crippen LogP contribution is 2.35. The van der Waals surface area contributed by atoms with E-state index in [9.17, 15) is 15.0 Å². The van der Waals surface area contributed by atoms with E-state index < -0.39 is 18.4 Å². The summed E-state index contributed by atoms with van der Waals surface area (Å²) in [4.78, 5) is 26.0. The summed E-state index contributed by atoms with van der Waals surface area (Å²) in [5, 5.41) is 19.1. The van der Waals surface area contributed by atoms with Crippen LogP contribution in [0.2, 0.25) is 0 Å². The van der Waals surface area contributed by atoms with Crippen molar-refractivity contribution in [2.24, 2.45) is 9.98 Å². The van der Waals surface area contributed by atoms with Gasteiger partial charge in [0.25, 0.3) is 0 Å². The molecule has 1 fully saturated rings.